The lowest BCUT2D eigenvalue weighted by atomic mass is 10.0. The van der Waals surface area contributed by atoms with Gasteiger partial charge in [-0.3, -0.25) is 4.79 Å². The van der Waals surface area contributed by atoms with Gasteiger partial charge in [-0.1, -0.05) is 36.4 Å². The molecule has 4 rings (SSSR count). The molecule has 1 aliphatic rings. The van der Waals surface area contributed by atoms with Gasteiger partial charge in [-0.15, -0.1) is 22.7 Å². The fourth-order valence-corrected chi connectivity index (χ4v) is 7.40. The summed E-state index contributed by atoms with van der Waals surface area (Å²) in [7, 11) is -3.07. The number of amides is 1. The van der Waals surface area contributed by atoms with E-state index in [2.05, 4.69) is 5.32 Å². The van der Waals surface area contributed by atoms with Crippen LogP contribution in [0.1, 0.15) is 18.2 Å². The molecule has 5 nitrogen and oxygen atoms in total. The second-order valence-electron chi connectivity index (χ2n) is 7.26. The standard InChI is InChI=1S/C20H20N2O3S3/c1-20(9-11-28(24,25)13-20)22-17(23)12-16-18(15-8-5-10-26-15)21-19(27-16)14-6-3-2-4-7-14/h2-8,10H,9,11-13H2,1H3,(H,22,23). The van der Waals surface area contributed by atoms with E-state index in [-0.39, 0.29) is 23.8 Å². The molecule has 8 heteroatoms. The zero-order valence-electron chi connectivity index (χ0n) is 15.3. The van der Waals surface area contributed by atoms with Gasteiger partial charge in [0.1, 0.15) is 5.01 Å². The number of nitrogens with one attached hydrogen (secondary N) is 1. The number of thiophene rings is 1. The van der Waals surface area contributed by atoms with Gasteiger partial charge in [-0.25, -0.2) is 13.4 Å². The van der Waals surface area contributed by atoms with Crippen LogP contribution in [0.3, 0.4) is 0 Å². The highest BCUT2D eigenvalue weighted by Gasteiger charge is 2.39. The molecule has 1 aromatic carbocycles. The summed E-state index contributed by atoms with van der Waals surface area (Å²) in [4.78, 5) is 19.4. The number of nitrogens with zero attached hydrogens (tertiary/aromatic N) is 1. The van der Waals surface area contributed by atoms with Crippen LogP contribution >= 0.6 is 22.7 Å². The highest BCUT2D eigenvalue weighted by molar-refractivity contribution is 7.91. The molecule has 1 fully saturated rings. The van der Waals surface area contributed by atoms with Crippen LogP contribution in [0, 0.1) is 0 Å². The lowest BCUT2D eigenvalue weighted by molar-refractivity contribution is -0.121. The van der Waals surface area contributed by atoms with Gasteiger partial charge >= 0.3 is 0 Å². The Bertz CT molecular complexity index is 1090. The Balaban J connectivity index is 1.60. The van der Waals surface area contributed by atoms with E-state index in [9.17, 15) is 13.2 Å². The first kappa shape index (κ1) is 19.3. The van der Waals surface area contributed by atoms with Gasteiger partial charge in [-0.05, 0) is 24.8 Å². The summed E-state index contributed by atoms with van der Waals surface area (Å²) in [5.74, 6) is -0.0367. The number of thiazole rings is 1. The molecule has 0 spiro atoms. The average molecular weight is 433 g/mol. The molecule has 1 atom stereocenters. The van der Waals surface area contributed by atoms with Crippen molar-refractivity contribution in [2.75, 3.05) is 11.5 Å². The molecular weight excluding hydrogens is 412 g/mol. The van der Waals surface area contributed by atoms with Gasteiger partial charge < -0.3 is 5.32 Å². The van der Waals surface area contributed by atoms with Gasteiger partial charge in [0.05, 0.1) is 34.0 Å². The first-order chi connectivity index (χ1) is 13.3. The number of hydrogen-bond donors (Lipinski definition) is 1. The lowest BCUT2D eigenvalue weighted by Crippen LogP contribution is -2.47. The van der Waals surface area contributed by atoms with Crippen LogP contribution in [0.2, 0.25) is 0 Å². The van der Waals surface area contributed by atoms with Crippen molar-refractivity contribution in [3.05, 3.63) is 52.7 Å². The number of sulfone groups is 1. The first-order valence-corrected chi connectivity index (χ1v) is 12.5. The zero-order chi connectivity index (χ0) is 19.8. The fraction of sp³-hybridized carbons (Fsp3) is 0.300. The van der Waals surface area contributed by atoms with E-state index in [0.717, 1.165) is 26.0 Å². The molecule has 0 saturated carbocycles. The smallest absolute Gasteiger partial charge is 0.225 e. The van der Waals surface area contributed by atoms with Crippen LogP contribution in [0.25, 0.3) is 21.1 Å². The van der Waals surface area contributed by atoms with Crippen LogP contribution in [-0.4, -0.2) is 36.4 Å². The van der Waals surface area contributed by atoms with Gasteiger partial charge in [-0.2, -0.15) is 0 Å². The topological polar surface area (TPSA) is 76.1 Å². The highest BCUT2D eigenvalue weighted by atomic mass is 32.2. The molecule has 1 aliphatic heterocycles. The Kier molecular flexibility index (Phi) is 5.11. The van der Waals surface area contributed by atoms with Crippen LogP contribution < -0.4 is 5.32 Å². The Labute approximate surface area is 172 Å². The molecule has 146 valence electrons. The van der Waals surface area contributed by atoms with E-state index >= 15 is 0 Å². The second-order valence-corrected chi connectivity index (χ2v) is 11.5. The summed E-state index contributed by atoms with van der Waals surface area (Å²) in [6.07, 6.45) is 0.643. The van der Waals surface area contributed by atoms with E-state index in [1.807, 2.05) is 47.8 Å². The third kappa shape index (κ3) is 4.19. The molecule has 1 N–H and O–H groups in total. The molecular formula is C20H20N2O3S3. The predicted octanol–water partition coefficient (Wildman–Crippen LogP) is 3.77. The van der Waals surface area contributed by atoms with Gasteiger partial charge in [0, 0.05) is 10.4 Å². The largest absolute Gasteiger partial charge is 0.350 e. The zero-order valence-corrected chi connectivity index (χ0v) is 17.8. The monoisotopic (exact) mass is 432 g/mol. The number of rotatable bonds is 5. The summed E-state index contributed by atoms with van der Waals surface area (Å²) in [6.45, 7) is 1.80. The Morgan fingerprint density at radius 1 is 1.21 bits per heavy atom. The van der Waals surface area contributed by atoms with E-state index in [4.69, 9.17) is 4.98 Å². The minimum Gasteiger partial charge on any atom is -0.350 e. The summed E-state index contributed by atoms with van der Waals surface area (Å²) in [5.41, 5.74) is 1.16. The molecule has 1 unspecified atom stereocenters. The first-order valence-electron chi connectivity index (χ1n) is 8.94. The van der Waals surface area contributed by atoms with Crippen molar-refractivity contribution in [2.45, 2.75) is 25.3 Å². The van der Waals surface area contributed by atoms with Crippen molar-refractivity contribution in [3.8, 4) is 21.1 Å². The normalized spacial score (nSPS) is 20.9. The summed E-state index contributed by atoms with van der Waals surface area (Å²) in [5, 5.41) is 5.81. The lowest BCUT2D eigenvalue weighted by Gasteiger charge is -2.23. The van der Waals surface area contributed by atoms with Crippen molar-refractivity contribution in [1.29, 1.82) is 0 Å². The van der Waals surface area contributed by atoms with Crippen LogP contribution in [0.5, 0.6) is 0 Å². The minimum atomic E-state index is -3.07. The molecule has 0 bridgehead atoms. The fourth-order valence-electron chi connectivity index (χ4n) is 3.42. The Morgan fingerprint density at radius 3 is 2.64 bits per heavy atom. The maximum Gasteiger partial charge on any atom is 0.225 e. The third-order valence-electron chi connectivity index (χ3n) is 4.74. The molecule has 1 amide bonds. The van der Waals surface area contributed by atoms with Gasteiger partial charge in [0.15, 0.2) is 9.84 Å². The van der Waals surface area contributed by atoms with Crippen LogP contribution in [0.4, 0.5) is 0 Å². The summed E-state index contributed by atoms with van der Waals surface area (Å²) in [6, 6.07) is 13.9. The molecule has 0 aliphatic carbocycles. The maximum atomic E-state index is 12.7. The third-order valence-corrected chi connectivity index (χ3v) is 8.62. The number of hydrogen-bond acceptors (Lipinski definition) is 6. The van der Waals surface area contributed by atoms with E-state index in [0.29, 0.717) is 6.42 Å². The highest BCUT2D eigenvalue weighted by Crippen LogP contribution is 2.36. The quantitative estimate of drug-likeness (QED) is 0.666. The summed E-state index contributed by atoms with van der Waals surface area (Å²) < 4.78 is 23.6. The Morgan fingerprint density at radius 2 is 2.00 bits per heavy atom. The molecule has 0 radical (unpaired) electrons. The van der Waals surface area contributed by atoms with Crippen LogP contribution in [-0.2, 0) is 21.1 Å². The van der Waals surface area contributed by atoms with Crippen molar-refractivity contribution in [3.63, 3.8) is 0 Å². The van der Waals surface area contributed by atoms with Crippen LogP contribution in [0.15, 0.2) is 47.8 Å². The molecule has 1 saturated heterocycles. The number of aromatic nitrogens is 1. The maximum absolute atomic E-state index is 12.7. The van der Waals surface area contributed by atoms with Gasteiger partial charge in [0.2, 0.25) is 5.91 Å². The average Bonchev–Trinajstić information content (AvgIpc) is 3.35. The number of benzene rings is 1. The molecule has 28 heavy (non-hydrogen) atoms. The van der Waals surface area contributed by atoms with Crippen molar-refractivity contribution in [1.82, 2.24) is 10.3 Å². The molecule has 3 aromatic rings. The SMILES string of the molecule is CC1(NC(=O)Cc2sc(-c3ccccc3)nc2-c2cccs2)CCS(=O)(=O)C1. The number of carbonyl (C=O) groups excluding carboxylic acids is 1. The molecule has 2 aromatic heterocycles. The van der Waals surface area contributed by atoms with E-state index in [1.54, 1.807) is 18.3 Å². The van der Waals surface area contributed by atoms with E-state index in [1.165, 1.54) is 11.3 Å². The Hall–Kier alpha value is -2.03. The second kappa shape index (κ2) is 7.42. The summed E-state index contributed by atoms with van der Waals surface area (Å²) >= 11 is 3.10. The number of carbonyl (C=O) groups is 1. The van der Waals surface area contributed by atoms with E-state index < -0.39 is 15.4 Å². The van der Waals surface area contributed by atoms with Crippen molar-refractivity contribution >= 4 is 38.4 Å². The van der Waals surface area contributed by atoms with Gasteiger partial charge in [0.25, 0.3) is 0 Å². The minimum absolute atomic E-state index is 0.00147. The molecule has 3 heterocycles. The predicted molar refractivity (Wildman–Crippen MR) is 114 cm³/mol. The van der Waals surface area contributed by atoms with Crippen molar-refractivity contribution in [2.24, 2.45) is 0 Å². The van der Waals surface area contributed by atoms with Crippen molar-refractivity contribution < 1.29 is 13.2 Å².